The van der Waals surface area contributed by atoms with Crippen LogP contribution in [-0.2, 0) is 9.59 Å². The van der Waals surface area contributed by atoms with Crippen LogP contribution in [0.3, 0.4) is 0 Å². The van der Waals surface area contributed by atoms with Crippen LogP contribution < -0.4 is 5.48 Å². The van der Waals surface area contributed by atoms with Crippen molar-refractivity contribution in [1.29, 1.82) is 0 Å². The molecule has 0 fully saturated rings. The first-order valence-corrected chi connectivity index (χ1v) is 2.90. The fraction of sp³-hybridized carbons (Fsp3) is 0.600. The molecule has 0 aliphatic heterocycles. The third-order valence-electron chi connectivity index (χ3n) is 1.09. The van der Waals surface area contributed by atoms with Crippen molar-refractivity contribution in [3.8, 4) is 0 Å². The SMILES string of the molecule is O=C(O)CC[C@H](N[O-])C(=O)O. The monoisotopic (exact) mass is 162 g/mol. The number of hydrogen-bond acceptors (Lipinski definition) is 4. The lowest BCUT2D eigenvalue weighted by atomic mass is 10.2. The summed E-state index contributed by atoms with van der Waals surface area (Å²) in [4.78, 5) is 20.0. The normalized spacial score (nSPS) is 12.5. The number of rotatable bonds is 5. The van der Waals surface area contributed by atoms with Crippen molar-refractivity contribution in [1.82, 2.24) is 5.48 Å². The molecule has 0 saturated carbocycles. The van der Waals surface area contributed by atoms with Gasteiger partial charge < -0.3 is 20.9 Å². The molecular weight excluding hydrogens is 154 g/mol. The number of carboxylic acids is 2. The van der Waals surface area contributed by atoms with Crippen molar-refractivity contribution >= 4 is 11.9 Å². The quantitative estimate of drug-likeness (QED) is 0.465. The van der Waals surface area contributed by atoms with Crippen LogP contribution in [0.2, 0.25) is 0 Å². The Labute approximate surface area is 62.4 Å². The van der Waals surface area contributed by atoms with Gasteiger partial charge in [-0.2, -0.15) is 0 Å². The molecule has 0 amide bonds. The molecule has 0 radical (unpaired) electrons. The summed E-state index contributed by atoms with van der Waals surface area (Å²) in [5.74, 6) is -2.45. The highest BCUT2D eigenvalue weighted by Gasteiger charge is 2.13. The molecular formula is C5H8NO5-. The van der Waals surface area contributed by atoms with Gasteiger partial charge >= 0.3 is 11.9 Å². The lowest BCUT2D eigenvalue weighted by Crippen LogP contribution is -2.33. The predicted octanol–water partition coefficient (Wildman–Crippen LogP) is -0.608. The number of carboxylic acid groups (broad SMARTS) is 2. The molecule has 1 atom stereocenters. The molecule has 0 aliphatic rings. The van der Waals surface area contributed by atoms with E-state index in [4.69, 9.17) is 10.2 Å². The van der Waals surface area contributed by atoms with Gasteiger partial charge in [0, 0.05) is 6.42 Å². The Kier molecular flexibility index (Phi) is 4.16. The summed E-state index contributed by atoms with van der Waals surface area (Å²) in [5, 5.41) is 26.2. The average molecular weight is 162 g/mol. The summed E-state index contributed by atoms with van der Waals surface area (Å²) in [5.41, 5.74) is 1.24. The minimum absolute atomic E-state index is 0.200. The highest BCUT2D eigenvalue weighted by Crippen LogP contribution is 1.96. The molecule has 0 heterocycles. The molecule has 6 nitrogen and oxygen atoms in total. The number of nitrogens with one attached hydrogen (secondary N) is 1. The zero-order chi connectivity index (χ0) is 8.85. The molecule has 11 heavy (non-hydrogen) atoms. The second-order valence-corrected chi connectivity index (χ2v) is 1.94. The van der Waals surface area contributed by atoms with Gasteiger partial charge in [-0.05, 0) is 6.42 Å². The standard InChI is InChI=1S/C5H8NO5/c7-4(8)2-1-3(6-11)5(9)10/h3,6H,1-2H2,(H,7,8)(H,9,10)/q-1/t3-/m0/s1. The number of hydrogen-bond donors (Lipinski definition) is 3. The molecule has 0 aromatic heterocycles. The molecule has 0 unspecified atom stereocenters. The summed E-state index contributed by atoms with van der Waals surface area (Å²) in [6.45, 7) is 0. The highest BCUT2D eigenvalue weighted by molar-refractivity contribution is 5.75. The van der Waals surface area contributed by atoms with E-state index in [1.807, 2.05) is 0 Å². The molecule has 0 aromatic carbocycles. The summed E-state index contributed by atoms with van der Waals surface area (Å²) >= 11 is 0. The maximum Gasteiger partial charge on any atom is 0.319 e. The number of aliphatic carboxylic acids is 2. The fourth-order valence-electron chi connectivity index (χ4n) is 0.501. The topological polar surface area (TPSA) is 110 Å². The maximum atomic E-state index is 10.1. The van der Waals surface area contributed by atoms with Crippen LogP contribution in [0.25, 0.3) is 0 Å². The third kappa shape index (κ3) is 4.29. The Morgan fingerprint density at radius 1 is 1.45 bits per heavy atom. The summed E-state index contributed by atoms with van der Waals surface area (Å²) in [6, 6.07) is -1.31. The van der Waals surface area contributed by atoms with Gasteiger partial charge in [-0.1, -0.05) is 0 Å². The predicted molar refractivity (Wildman–Crippen MR) is 34.8 cm³/mol. The van der Waals surface area contributed by atoms with Crippen molar-refractivity contribution in [3.63, 3.8) is 0 Å². The number of carbonyl (C=O) groups is 2. The largest absolute Gasteiger partial charge is 0.787 e. The second kappa shape index (κ2) is 4.64. The van der Waals surface area contributed by atoms with Crippen LogP contribution in [0.1, 0.15) is 12.8 Å². The molecule has 3 N–H and O–H groups in total. The van der Waals surface area contributed by atoms with Crippen LogP contribution >= 0.6 is 0 Å². The average Bonchev–Trinajstić information content (AvgIpc) is 1.87. The Balaban J connectivity index is 3.70. The van der Waals surface area contributed by atoms with Crippen molar-refractivity contribution < 1.29 is 19.8 Å². The Hall–Kier alpha value is -1.14. The van der Waals surface area contributed by atoms with Crippen molar-refractivity contribution in [2.75, 3.05) is 0 Å². The van der Waals surface area contributed by atoms with Crippen LogP contribution in [0.5, 0.6) is 0 Å². The first-order valence-electron chi connectivity index (χ1n) is 2.90. The minimum Gasteiger partial charge on any atom is -0.787 e. The highest BCUT2D eigenvalue weighted by atomic mass is 16.5. The van der Waals surface area contributed by atoms with E-state index in [-0.39, 0.29) is 12.8 Å². The molecule has 64 valence electrons. The molecule has 0 bridgehead atoms. The van der Waals surface area contributed by atoms with Crippen LogP contribution in [0.15, 0.2) is 0 Å². The minimum atomic E-state index is -1.33. The molecule has 0 saturated heterocycles. The summed E-state index contributed by atoms with van der Waals surface area (Å²) in [7, 11) is 0. The van der Waals surface area contributed by atoms with Gasteiger partial charge in [0.25, 0.3) is 0 Å². The summed E-state index contributed by atoms with van der Waals surface area (Å²) in [6.07, 6.45) is -0.527. The zero-order valence-corrected chi connectivity index (χ0v) is 5.61. The van der Waals surface area contributed by atoms with E-state index < -0.39 is 18.0 Å². The van der Waals surface area contributed by atoms with Gasteiger partial charge in [0.2, 0.25) is 0 Å². The van der Waals surface area contributed by atoms with Crippen molar-refractivity contribution in [3.05, 3.63) is 5.21 Å². The summed E-state index contributed by atoms with van der Waals surface area (Å²) < 4.78 is 0. The Bertz CT molecular complexity index is 157. The third-order valence-corrected chi connectivity index (χ3v) is 1.09. The molecule has 0 spiro atoms. The first kappa shape index (κ1) is 9.86. The van der Waals surface area contributed by atoms with Gasteiger partial charge in [0.05, 0.1) is 6.04 Å². The lowest BCUT2D eigenvalue weighted by molar-refractivity contribution is -0.140. The molecule has 0 aromatic rings. The fourth-order valence-corrected chi connectivity index (χ4v) is 0.501. The van der Waals surface area contributed by atoms with Crippen molar-refractivity contribution in [2.24, 2.45) is 0 Å². The van der Waals surface area contributed by atoms with E-state index in [9.17, 15) is 14.8 Å². The smallest absolute Gasteiger partial charge is 0.319 e. The second-order valence-electron chi connectivity index (χ2n) is 1.94. The van der Waals surface area contributed by atoms with Gasteiger partial charge in [-0.25, -0.2) is 0 Å². The van der Waals surface area contributed by atoms with Crippen LogP contribution in [0.4, 0.5) is 0 Å². The molecule has 6 heteroatoms. The van der Waals surface area contributed by atoms with E-state index in [0.717, 1.165) is 0 Å². The van der Waals surface area contributed by atoms with Crippen molar-refractivity contribution in [2.45, 2.75) is 18.9 Å². The molecule has 0 aliphatic carbocycles. The Morgan fingerprint density at radius 2 is 2.00 bits per heavy atom. The molecule has 0 rings (SSSR count). The first-order chi connectivity index (χ1) is 5.07. The van der Waals surface area contributed by atoms with E-state index in [2.05, 4.69) is 0 Å². The van der Waals surface area contributed by atoms with E-state index in [1.165, 1.54) is 5.48 Å². The van der Waals surface area contributed by atoms with Gasteiger partial charge in [0.15, 0.2) is 0 Å². The van der Waals surface area contributed by atoms with Gasteiger partial charge in [0.1, 0.15) is 0 Å². The Morgan fingerprint density at radius 3 is 2.27 bits per heavy atom. The lowest BCUT2D eigenvalue weighted by Gasteiger charge is -2.15. The maximum absolute atomic E-state index is 10.1. The van der Waals surface area contributed by atoms with Gasteiger partial charge in [-0.15, -0.1) is 0 Å². The van der Waals surface area contributed by atoms with Gasteiger partial charge in [-0.3, -0.25) is 9.59 Å². The van der Waals surface area contributed by atoms with E-state index in [1.54, 1.807) is 0 Å². The van der Waals surface area contributed by atoms with E-state index in [0.29, 0.717) is 0 Å². The van der Waals surface area contributed by atoms with Crippen LogP contribution in [0, 0.1) is 5.21 Å². The zero-order valence-electron chi connectivity index (χ0n) is 5.61. The van der Waals surface area contributed by atoms with Crippen LogP contribution in [-0.4, -0.2) is 28.2 Å². The van der Waals surface area contributed by atoms with E-state index >= 15 is 0 Å². The number of hydroxylamine groups is 1.